The fourth-order valence-corrected chi connectivity index (χ4v) is 3.25. The minimum absolute atomic E-state index is 0.193. The highest BCUT2D eigenvalue weighted by Gasteiger charge is 2.23. The van der Waals surface area contributed by atoms with Gasteiger partial charge in [0.2, 0.25) is 22.7 Å². The van der Waals surface area contributed by atoms with Crippen molar-refractivity contribution in [2.75, 3.05) is 19.6 Å². The number of hydrogen-bond acceptors (Lipinski definition) is 5. The summed E-state index contributed by atoms with van der Waals surface area (Å²) in [4.78, 5) is 11.9. The molecule has 1 aromatic carbocycles. The lowest BCUT2D eigenvalue weighted by molar-refractivity contribution is -0.121. The minimum atomic E-state index is -3.41. The number of fused-ring (bicyclic) bond motifs is 1. The van der Waals surface area contributed by atoms with Crippen LogP contribution in [0.25, 0.3) is 0 Å². The first-order valence-electron chi connectivity index (χ1n) is 6.89. The molecule has 1 N–H and O–H groups in total. The van der Waals surface area contributed by atoms with Gasteiger partial charge in [0, 0.05) is 12.6 Å². The summed E-state index contributed by atoms with van der Waals surface area (Å²) in [6, 6.07) is 5.12. The molecule has 0 radical (unpaired) electrons. The average Bonchev–Trinajstić information content (AvgIpc) is 2.88. The van der Waals surface area contributed by atoms with Gasteiger partial charge < -0.3 is 14.8 Å². The van der Waals surface area contributed by atoms with Gasteiger partial charge >= 0.3 is 0 Å². The normalized spacial score (nSPS) is 13.7. The second kappa shape index (κ2) is 6.53. The molecule has 0 aromatic heterocycles. The van der Waals surface area contributed by atoms with Crippen molar-refractivity contribution >= 4 is 15.9 Å². The minimum Gasteiger partial charge on any atom is -0.454 e. The van der Waals surface area contributed by atoms with Crippen molar-refractivity contribution in [1.29, 1.82) is 0 Å². The van der Waals surface area contributed by atoms with E-state index in [4.69, 9.17) is 9.47 Å². The molecule has 122 valence electrons. The van der Waals surface area contributed by atoms with Crippen LogP contribution in [0.5, 0.6) is 11.5 Å². The Bertz CT molecular complexity index is 657. The Morgan fingerprint density at radius 3 is 2.64 bits per heavy atom. The first-order chi connectivity index (χ1) is 10.3. The van der Waals surface area contributed by atoms with Gasteiger partial charge in [0.15, 0.2) is 11.5 Å². The molecular weight excluding hydrogens is 308 g/mol. The highest BCUT2D eigenvalue weighted by molar-refractivity contribution is 7.88. The fraction of sp³-hybridized carbons (Fsp3) is 0.500. The molecule has 0 fully saturated rings. The summed E-state index contributed by atoms with van der Waals surface area (Å²) >= 11 is 0. The van der Waals surface area contributed by atoms with Crippen LogP contribution in [0.1, 0.15) is 19.4 Å². The van der Waals surface area contributed by atoms with Crippen LogP contribution in [-0.2, 0) is 21.4 Å². The van der Waals surface area contributed by atoms with Crippen LogP contribution in [-0.4, -0.2) is 44.3 Å². The van der Waals surface area contributed by atoms with Crippen LogP contribution in [0.3, 0.4) is 0 Å². The molecule has 1 aromatic rings. The second-order valence-corrected chi connectivity index (χ2v) is 7.30. The Kier molecular flexibility index (Phi) is 4.92. The van der Waals surface area contributed by atoms with Crippen LogP contribution < -0.4 is 14.8 Å². The number of carbonyl (C=O) groups excluding carboxylic acids is 1. The highest BCUT2D eigenvalue weighted by Crippen LogP contribution is 2.32. The van der Waals surface area contributed by atoms with E-state index < -0.39 is 10.0 Å². The van der Waals surface area contributed by atoms with Crippen LogP contribution in [0.4, 0.5) is 0 Å². The van der Waals surface area contributed by atoms with Crippen molar-refractivity contribution in [3.8, 4) is 11.5 Å². The summed E-state index contributed by atoms with van der Waals surface area (Å²) in [7, 11) is -3.41. The molecule has 1 aliphatic rings. The smallest absolute Gasteiger partial charge is 0.235 e. The molecule has 0 bridgehead atoms. The van der Waals surface area contributed by atoms with E-state index in [1.54, 1.807) is 26.0 Å². The van der Waals surface area contributed by atoms with E-state index in [0.29, 0.717) is 18.0 Å². The van der Waals surface area contributed by atoms with Crippen LogP contribution in [0, 0.1) is 0 Å². The van der Waals surface area contributed by atoms with Crippen molar-refractivity contribution in [2.45, 2.75) is 26.4 Å². The average molecular weight is 328 g/mol. The lowest BCUT2D eigenvalue weighted by atomic mass is 10.2. The Balaban J connectivity index is 1.92. The number of nitrogens with one attached hydrogen (secondary N) is 1. The van der Waals surface area contributed by atoms with E-state index in [0.717, 1.165) is 16.1 Å². The number of ether oxygens (including phenoxy) is 2. The van der Waals surface area contributed by atoms with Crippen molar-refractivity contribution in [3.05, 3.63) is 23.8 Å². The molecule has 1 aliphatic heterocycles. The summed E-state index contributed by atoms with van der Waals surface area (Å²) in [6.07, 6.45) is 1.10. The number of nitrogens with zero attached hydrogens (tertiary/aromatic N) is 1. The molecule has 2 rings (SSSR count). The van der Waals surface area contributed by atoms with Gasteiger partial charge in [-0.3, -0.25) is 4.79 Å². The molecule has 8 heteroatoms. The molecule has 1 heterocycles. The third kappa shape index (κ3) is 4.11. The van der Waals surface area contributed by atoms with E-state index in [1.807, 2.05) is 6.07 Å². The SMILES string of the molecule is CC(C)N(CC(=O)NCc1ccc2c(c1)OCO2)S(C)(=O)=O. The zero-order valence-corrected chi connectivity index (χ0v) is 13.6. The molecule has 22 heavy (non-hydrogen) atoms. The van der Waals surface area contributed by atoms with Gasteiger partial charge in [-0.05, 0) is 31.5 Å². The molecule has 0 unspecified atom stereocenters. The van der Waals surface area contributed by atoms with Gasteiger partial charge in [-0.1, -0.05) is 6.07 Å². The maximum atomic E-state index is 11.9. The van der Waals surface area contributed by atoms with Crippen LogP contribution >= 0.6 is 0 Å². The number of benzene rings is 1. The topological polar surface area (TPSA) is 84.9 Å². The third-order valence-electron chi connectivity index (χ3n) is 3.23. The van der Waals surface area contributed by atoms with E-state index in [1.165, 1.54) is 0 Å². The maximum absolute atomic E-state index is 11.9. The molecule has 0 saturated heterocycles. The molecule has 0 aliphatic carbocycles. The van der Waals surface area contributed by atoms with Crippen molar-refractivity contribution in [2.24, 2.45) is 0 Å². The van der Waals surface area contributed by atoms with Crippen LogP contribution in [0.15, 0.2) is 18.2 Å². The zero-order valence-electron chi connectivity index (χ0n) is 12.8. The second-order valence-electron chi connectivity index (χ2n) is 5.37. The van der Waals surface area contributed by atoms with Gasteiger partial charge in [-0.15, -0.1) is 0 Å². The largest absolute Gasteiger partial charge is 0.454 e. The predicted octanol–water partition coefficient (Wildman–Crippen LogP) is 0.702. The fourth-order valence-electron chi connectivity index (χ4n) is 2.13. The van der Waals surface area contributed by atoms with Crippen molar-refractivity contribution < 1.29 is 22.7 Å². The molecular formula is C14H20N2O5S. The molecule has 0 spiro atoms. The van der Waals surface area contributed by atoms with E-state index in [-0.39, 0.29) is 25.3 Å². The van der Waals surface area contributed by atoms with E-state index in [9.17, 15) is 13.2 Å². The lowest BCUT2D eigenvalue weighted by Gasteiger charge is -2.23. The Labute approximate surface area is 130 Å². The monoisotopic (exact) mass is 328 g/mol. The van der Waals surface area contributed by atoms with Crippen LogP contribution in [0.2, 0.25) is 0 Å². The number of amides is 1. The highest BCUT2D eigenvalue weighted by atomic mass is 32.2. The summed E-state index contributed by atoms with van der Waals surface area (Å²) in [5.74, 6) is 0.974. The van der Waals surface area contributed by atoms with Gasteiger partial charge in [0.1, 0.15) is 0 Å². The Morgan fingerprint density at radius 2 is 2.00 bits per heavy atom. The molecule has 0 atom stereocenters. The lowest BCUT2D eigenvalue weighted by Crippen LogP contribution is -2.43. The third-order valence-corrected chi connectivity index (χ3v) is 4.63. The summed E-state index contributed by atoms with van der Waals surface area (Å²) in [6.45, 7) is 3.76. The number of hydrogen-bond donors (Lipinski definition) is 1. The van der Waals surface area contributed by atoms with Gasteiger partial charge in [-0.25, -0.2) is 8.42 Å². The van der Waals surface area contributed by atoms with E-state index in [2.05, 4.69) is 5.32 Å². The molecule has 1 amide bonds. The Morgan fingerprint density at radius 1 is 1.32 bits per heavy atom. The summed E-state index contributed by atoms with van der Waals surface area (Å²) in [5.41, 5.74) is 0.855. The maximum Gasteiger partial charge on any atom is 0.235 e. The predicted molar refractivity (Wildman–Crippen MR) is 81.1 cm³/mol. The van der Waals surface area contributed by atoms with E-state index >= 15 is 0 Å². The number of carbonyl (C=O) groups is 1. The first kappa shape index (κ1) is 16.6. The van der Waals surface area contributed by atoms with Gasteiger partial charge in [0.25, 0.3) is 0 Å². The van der Waals surface area contributed by atoms with Gasteiger partial charge in [-0.2, -0.15) is 4.31 Å². The standard InChI is InChI=1S/C14H20N2O5S/c1-10(2)16(22(3,18)19)8-14(17)15-7-11-4-5-12-13(6-11)21-9-20-12/h4-6,10H,7-9H2,1-3H3,(H,15,17). The van der Waals surface area contributed by atoms with Gasteiger partial charge in [0.05, 0.1) is 12.8 Å². The van der Waals surface area contributed by atoms with Crippen molar-refractivity contribution in [3.63, 3.8) is 0 Å². The Hall–Kier alpha value is -1.80. The zero-order chi connectivity index (χ0) is 16.3. The summed E-state index contributed by atoms with van der Waals surface area (Å²) < 4.78 is 34.9. The first-order valence-corrected chi connectivity index (χ1v) is 8.74. The quantitative estimate of drug-likeness (QED) is 0.831. The molecule has 0 saturated carbocycles. The molecule has 7 nitrogen and oxygen atoms in total. The number of sulfonamides is 1. The summed E-state index contributed by atoms with van der Waals surface area (Å²) in [5, 5.41) is 2.71. The number of rotatable bonds is 6. The van der Waals surface area contributed by atoms with Crippen molar-refractivity contribution in [1.82, 2.24) is 9.62 Å².